The van der Waals surface area contributed by atoms with E-state index in [1.165, 1.54) is 34.8 Å². The predicted molar refractivity (Wildman–Crippen MR) is 114 cm³/mol. The van der Waals surface area contributed by atoms with E-state index in [0.717, 1.165) is 34.4 Å². The van der Waals surface area contributed by atoms with Gasteiger partial charge >= 0.3 is 0 Å². The van der Waals surface area contributed by atoms with Crippen LogP contribution in [-0.2, 0) is 5.41 Å². The Morgan fingerprint density at radius 3 is 2.43 bits per heavy atom. The zero-order valence-electron chi connectivity index (χ0n) is 17.4. The van der Waals surface area contributed by atoms with Crippen molar-refractivity contribution in [2.24, 2.45) is 0 Å². The second-order valence-electron chi connectivity index (χ2n) is 8.74. The van der Waals surface area contributed by atoms with Crippen LogP contribution in [0.15, 0.2) is 46.6 Å². The molecule has 30 heavy (non-hydrogen) atoms. The first-order chi connectivity index (χ1) is 14.5. The molecule has 0 saturated heterocycles. The van der Waals surface area contributed by atoms with Crippen LogP contribution in [-0.4, -0.2) is 40.0 Å². The van der Waals surface area contributed by atoms with Crippen LogP contribution >= 0.6 is 11.8 Å². The summed E-state index contributed by atoms with van der Waals surface area (Å²) < 4.78 is 3.74. The van der Waals surface area contributed by atoms with Crippen molar-refractivity contribution in [1.82, 2.24) is 40.0 Å². The summed E-state index contributed by atoms with van der Waals surface area (Å²) in [5.41, 5.74) is 3.15. The van der Waals surface area contributed by atoms with Gasteiger partial charge in [-0.25, -0.2) is 0 Å². The summed E-state index contributed by atoms with van der Waals surface area (Å²) in [5.74, 6) is 0.924. The number of aromatic nitrogens is 8. The topological polar surface area (TPSA) is 86.7 Å². The fourth-order valence-electron chi connectivity index (χ4n) is 3.94. The summed E-state index contributed by atoms with van der Waals surface area (Å²) in [6.07, 6.45) is 4.78. The van der Waals surface area contributed by atoms with Crippen LogP contribution in [0.25, 0.3) is 17.0 Å². The lowest BCUT2D eigenvalue weighted by atomic mass is 9.86. The largest absolute Gasteiger partial charge is 0.299 e. The van der Waals surface area contributed by atoms with E-state index < -0.39 is 0 Å². The Morgan fingerprint density at radius 2 is 1.70 bits per heavy atom. The molecule has 0 radical (unpaired) electrons. The quantitative estimate of drug-likeness (QED) is 0.485. The van der Waals surface area contributed by atoms with Crippen LogP contribution in [0, 0.1) is 0 Å². The predicted octanol–water partition coefficient (Wildman–Crippen LogP) is 4.34. The van der Waals surface area contributed by atoms with Crippen molar-refractivity contribution < 1.29 is 0 Å². The average Bonchev–Trinajstić information content (AvgIpc) is 3.47. The molecule has 1 aliphatic carbocycles. The van der Waals surface area contributed by atoms with Crippen molar-refractivity contribution in [3.05, 3.63) is 42.0 Å². The standard InChI is InChI=1S/C21H24N8S/c1-21(2,3)15-10-8-14(9-11-15)19-23-24-20(28(19)16-6-4-5-7-16)30-18-13-12-17-22-26-27-29(17)25-18/h8-13,16H,4-7H2,1-3H3. The van der Waals surface area contributed by atoms with E-state index in [9.17, 15) is 0 Å². The fraction of sp³-hybridized carbons (Fsp3) is 0.429. The van der Waals surface area contributed by atoms with Gasteiger partial charge in [0.15, 0.2) is 16.6 Å². The van der Waals surface area contributed by atoms with Gasteiger partial charge in [-0.1, -0.05) is 57.9 Å². The average molecular weight is 421 g/mol. The maximum atomic E-state index is 4.59. The van der Waals surface area contributed by atoms with E-state index in [2.05, 4.69) is 80.4 Å². The van der Waals surface area contributed by atoms with Crippen LogP contribution in [0.2, 0.25) is 0 Å². The second-order valence-corrected chi connectivity index (χ2v) is 9.73. The van der Waals surface area contributed by atoms with E-state index >= 15 is 0 Å². The van der Waals surface area contributed by atoms with E-state index in [-0.39, 0.29) is 5.41 Å². The zero-order valence-corrected chi connectivity index (χ0v) is 18.2. The van der Waals surface area contributed by atoms with Gasteiger partial charge in [-0.05, 0) is 58.1 Å². The number of benzene rings is 1. The molecular weight excluding hydrogens is 396 g/mol. The van der Waals surface area contributed by atoms with E-state index in [1.54, 1.807) is 0 Å². The number of tetrazole rings is 1. The third-order valence-electron chi connectivity index (χ3n) is 5.60. The summed E-state index contributed by atoms with van der Waals surface area (Å²) in [5, 5.41) is 26.7. The molecule has 3 aromatic heterocycles. The van der Waals surface area contributed by atoms with Crippen molar-refractivity contribution in [2.45, 2.75) is 68.1 Å². The van der Waals surface area contributed by atoms with Crippen LogP contribution in [0.4, 0.5) is 0 Å². The van der Waals surface area contributed by atoms with Crippen molar-refractivity contribution >= 4 is 17.4 Å². The first kappa shape index (κ1) is 19.2. The van der Waals surface area contributed by atoms with E-state index in [4.69, 9.17) is 0 Å². The van der Waals surface area contributed by atoms with Gasteiger partial charge in [0.2, 0.25) is 0 Å². The molecule has 0 N–H and O–H groups in total. The summed E-state index contributed by atoms with van der Waals surface area (Å²) >= 11 is 1.50. The van der Waals surface area contributed by atoms with Crippen molar-refractivity contribution in [1.29, 1.82) is 0 Å². The third kappa shape index (κ3) is 3.58. The molecule has 9 heteroatoms. The van der Waals surface area contributed by atoms with Crippen molar-refractivity contribution in [3.63, 3.8) is 0 Å². The highest BCUT2D eigenvalue weighted by molar-refractivity contribution is 7.99. The lowest BCUT2D eigenvalue weighted by Crippen LogP contribution is -2.11. The maximum absolute atomic E-state index is 4.59. The third-order valence-corrected chi connectivity index (χ3v) is 6.49. The molecule has 0 bridgehead atoms. The first-order valence-electron chi connectivity index (χ1n) is 10.3. The minimum Gasteiger partial charge on any atom is -0.299 e. The minimum absolute atomic E-state index is 0.124. The Bertz CT molecular complexity index is 1170. The molecule has 1 aromatic carbocycles. The van der Waals surface area contributed by atoms with E-state index in [0.29, 0.717) is 11.7 Å². The normalized spacial score (nSPS) is 15.3. The molecule has 0 aliphatic heterocycles. The fourth-order valence-corrected chi connectivity index (χ4v) is 4.79. The Morgan fingerprint density at radius 1 is 0.933 bits per heavy atom. The highest BCUT2D eigenvalue weighted by Crippen LogP contribution is 2.38. The van der Waals surface area contributed by atoms with Crippen LogP contribution < -0.4 is 0 Å². The molecule has 0 amide bonds. The van der Waals surface area contributed by atoms with Gasteiger partial charge in [-0.3, -0.25) is 4.57 Å². The number of nitrogens with zero attached hydrogens (tertiary/aromatic N) is 8. The van der Waals surface area contributed by atoms with Gasteiger partial charge in [0.25, 0.3) is 0 Å². The van der Waals surface area contributed by atoms with Crippen LogP contribution in [0.1, 0.15) is 58.1 Å². The summed E-state index contributed by atoms with van der Waals surface area (Å²) in [4.78, 5) is 0. The molecule has 1 saturated carbocycles. The molecule has 0 unspecified atom stereocenters. The van der Waals surface area contributed by atoms with Gasteiger partial charge in [0, 0.05) is 11.6 Å². The Kier molecular flexibility index (Phi) is 4.77. The maximum Gasteiger partial charge on any atom is 0.200 e. The Hall–Kier alpha value is -2.81. The van der Waals surface area contributed by atoms with Crippen molar-refractivity contribution in [3.8, 4) is 11.4 Å². The lowest BCUT2D eigenvalue weighted by Gasteiger charge is -2.20. The Labute approximate surface area is 179 Å². The zero-order chi connectivity index (χ0) is 20.7. The molecule has 1 fully saturated rings. The molecule has 0 spiro atoms. The Balaban J connectivity index is 1.52. The number of hydrogen-bond donors (Lipinski definition) is 0. The summed E-state index contributed by atoms with van der Waals surface area (Å²) in [6, 6.07) is 12.9. The number of rotatable bonds is 4. The molecule has 1 aliphatic rings. The minimum atomic E-state index is 0.124. The molecule has 3 heterocycles. The molecule has 154 valence electrons. The number of fused-ring (bicyclic) bond motifs is 1. The molecular formula is C21H24N8S. The van der Waals surface area contributed by atoms with Crippen molar-refractivity contribution in [2.75, 3.05) is 0 Å². The second kappa shape index (κ2) is 7.46. The highest BCUT2D eigenvalue weighted by Gasteiger charge is 2.26. The summed E-state index contributed by atoms with van der Waals surface area (Å²) in [7, 11) is 0. The monoisotopic (exact) mass is 420 g/mol. The van der Waals surface area contributed by atoms with Gasteiger partial charge < -0.3 is 0 Å². The smallest absolute Gasteiger partial charge is 0.200 e. The van der Waals surface area contributed by atoms with Gasteiger partial charge in [-0.15, -0.1) is 25.0 Å². The molecule has 0 atom stereocenters. The first-order valence-corrected chi connectivity index (χ1v) is 11.1. The SMILES string of the molecule is CC(C)(C)c1ccc(-c2nnc(Sc3ccc4nnnn4n3)n2C2CCCC2)cc1. The molecule has 5 rings (SSSR count). The van der Waals surface area contributed by atoms with Crippen LogP contribution in [0.3, 0.4) is 0 Å². The number of hydrogen-bond acceptors (Lipinski definition) is 7. The van der Waals surface area contributed by atoms with Gasteiger partial charge in [0.05, 0.1) is 0 Å². The lowest BCUT2D eigenvalue weighted by molar-refractivity contribution is 0.485. The summed E-state index contributed by atoms with van der Waals surface area (Å²) in [6.45, 7) is 6.69. The van der Waals surface area contributed by atoms with Crippen LogP contribution in [0.5, 0.6) is 0 Å². The highest BCUT2D eigenvalue weighted by atomic mass is 32.2. The molecule has 8 nitrogen and oxygen atoms in total. The van der Waals surface area contributed by atoms with E-state index in [1.807, 2.05) is 12.1 Å². The molecule has 4 aromatic rings. The van der Waals surface area contributed by atoms with Gasteiger partial charge in [0.1, 0.15) is 5.03 Å². The van der Waals surface area contributed by atoms with Gasteiger partial charge in [-0.2, -0.15) is 0 Å².